The number of aromatic amines is 1. The van der Waals surface area contributed by atoms with E-state index in [0.717, 1.165) is 22.2 Å². The number of nitrogens with one attached hydrogen (secondary N) is 2. The molecule has 0 unspecified atom stereocenters. The fraction of sp³-hybridized carbons (Fsp3) is 0.100. The Hall–Kier alpha value is -3.81. The molecule has 0 aliphatic heterocycles. The largest absolute Gasteiger partial charge is 0.382 e. The van der Waals surface area contributed by atoms with Crippen molar-refractivity contribution < 1.29 is 14.9 Å². The van der Waals surface area contributed by atoms with E-state index in [0.29, 0.717) is 11.5 Å². The molecular weight excluding hydrogens is 359 g/mol. The summed E-state index contributed by atoms with van der Waals surface area (Å²) >= 11 is 0. The predicted molar refractivity (Wildman–Crippen MR) is 112 cm³/mol. The third-order valence-electron chi connectivity index (χ3n) is 4.26. The Kier molecular flexibility index (Phi) is 4.44. The van der Waals surface area contributed by atoms with Crippen LogP contribution in [0, 0.1) is 12.7 Å². The number of H-pyrrole nitrogens is 1. The highest BCUT2D eigenvalue weighted by atomic mass is 19.1. The number of fused-ring (bicyclic) bond motifs is 1. The van der Waals surface area contributed by atoms with Gasteiger partial charge in [0, 0.05) is 12.3 Å². The number of imidazole rings is 1. The zero-order valence-electron chi connectivity index (χ0n) is 15.0. The molecule has 2 heterocycles. The van der Waals surface area contributed by atoms with Crippen LogP contribution in [0.5, 0.6) is 0 Å². The van der Waals surface area contributed by atoms with Gasteiger partial charge in [-0.2, -0.15) is 0 Å². The zero-order valence-corrected chi connectivity index (χ0v) is 15.0. The Morgan fingerprint density at radius 1 is 1.21 bits per heavy atom. The molecule has 0 atom stereocenters. The number of aromatic nitrogens is 4. The Balaban J connectivity index is 0.00000240. The Labute approximate surface area is 165 Å². The molecule has 0 radical (unpaired) electrons. The van der Waals surface area contributed by atoms with Crippen LogP contribution in [0.4, 0.5) is 10.2 Å². The van der Waals surface area contributed by atoms with Crippen LogP contribution in [0.25, 0.3) is 22.6 Å². The summed E-state index contributed by atoms with van der Waals surface area (Å²) in [6, 6.07) is 11.7. The molecule has 0 aliphatic carbocycles. The van der Waals surface area contributed by atoms with Gasteiger partial charge in [0.05, 0.1) is 17.2 Å². The average Bonchev–Trinajstić information content (AvgIpc) is 3.10. The van der Waals surface area contributed by atoms with Gasteiger partial charge < -0.3 is 16.0 Å². The summed E-state index contributed by atoms with van der Waals surface area (Å²) in [5.74, 6) is -0.125. The molecule has 7 nitrogen and oxygen atoms in total. The summed E-state index contributed by atoms with van der Waals surface area (Å²) in [6.45, 7) is 2.23. The number of nitrogen functional groups attached to an aromatic ring is 1. The number of hydrogen-bond donors (Lipinski definition) is 3. The molecule has 0 saturated heterocycles. The van der Waals surface area contributed by atoms with E-state index in [9.17, 15) is 9.18 Å². The van der Waals surface area contributed by atoms with Crippen molar-refractivity contribution in [2.24, 2.45) is 0 Å². The second kappa shape index (κ2) is 7.07. The maximum absolute atomic E-state index is 13.0. The van der Waals surface area contributed by atoms with Gasteiger partial charge in [-0.15, -0.1) is 0 Å². The van der Waals surface area contributed by atoms with E-state index in [1.807, 2.05) is 25.1 Å². The summed E-state index contributed by atoms with van der Waals surface area (Å²) < 4.78 is 13.0. The lowest BCUT2D eigenvalue weighted by molar-refractivity contribution is 0.0945. The van der Waals surface area contributed by atoms with E-state index < -0.39 is 5.91 Å². The van der Waals surface area contributed by atoms with E-state index >= 15 is 0 Å². The first-order valence-corrected chi connectivity index (χ1v) is 8.61. The van der Waals surface area contributed by atoms with Crippen molar-refractivity contribution >= 4 is 22.8 Å². The van der Waals surface area contributed by atoms with Crippen LogP contribution < -0.4 is 11.1 Å². The summed E-state index contributed by atoms with van der Waals surface area (Å²) in [7, 11) is 0. The Bertz CT molecular complexity index is 1190. The fourth-order valence-corrected chi connectivity index (χ4v) is 2.79. The van der Waals surface area contributed by atoms with Gasteiger partial charge >= 0.3 is 0 Å². The summed E-state index contributed by atoms with van der Waals surface area (Å²) in [4.78, 5) is 28.5. The number of carbonyl (C=O) groups excluding carboxylic acids is 1. The summed E-state index contributed by atoms with van der Waals surface area (Å²) in [5, 5.41) is 2.73. The molecule has 4 rings (SSSR count). The highest BCUT2D eigenvalue weighted by Gasteiger charge is 2.16. The predicted octanol–water partition coefficient (Wildman–Crippen LogP) is 3.96. The van der Waals surface area contributed by atoms with Gasteiger partial charge in [0.1, 0.15) is 17.2 Å². The minimum Gasteiger partial charge on any atom is -0.382 e. The van der Waals surface area contributed by atoms with E-state index in [2.05, 4.69) is 25.3 Å². The van der Waals surface area contributed by atoms with E-state index in [1.165, 1.54) is 18.3 Å². The topological polar surface area (TPSA) is 110 Å². The van der Waals surface area contributed by atoms with Crippen LogP contribution in [0.2, 0.25) is 0 Å². The standard InChI is InChI=1S/C20H17FN6O.4H2/c1-11-2-7-14-15(8-11)27-19(26-14)17-18(22)23-10-16(25-17)20(28)24-9-12-3-5-13(21)6-4-12;;;;/h2-8,10H,9H2,1H3,(H2,22,23)(H,24,28)(H,26,27);4*1H. The van der Waals surface area contributed by atoms with E-state index in [4.69, 9.17) is 5.73 Å². The molecule has 2 aromatic heterocycles. The molecule has 28 heavy (non-hydrogen) atoms. The molecule has 4 aromatic rings. The number of carbonyl (C=O) groups is 1. The van der Waals surface area contributed by atoms with Gasteiger partial charge in [0.15, 0.2) is 11.6 Å². The van der Waals surface area contributed by atoms with Gasteiger partial charge in [-0.3, -0.25) is 4.79 Å². The Morgan fingerprint density at radius 3 is 2.79 bits per heavy atom. The van der Waals surface area contributed by atoms with Gasteiger partial charge in [-0.05, 0) is 42.3 Å². The smallest absolute Gasteiger partial charge is 0.271 e. The number of nitrogens with two attached hydrogens (primary N) is 1. The molecule has 1 amide bonds. The lowest BCUT2D eigenvalue weighted by Crippen LogP contribution is -2.24. The van der Waals surface area contributed by atoms with Crippen LogP contribution in [-0.2, 0) is 6.54 Å². The third kappa shape index (κ3) is 3.52. The Morgan fingerprint density at radius 2 is 2.00 bits per heavy atom. The van der Waals surface area contributed by atoms with Crippen molar-refractivity contribution in [2.75, 3.05) is 5.73 Å². The SMILES string of the molecule is Cc1ccc2nc(-c3nc(C(=O)NCc4ccc(F)cc4)cnc3N)[nH]c2c1.[HH].[HH].[HH].[HH]. The van der Waals surface area contributed by atoms with Crippen molar-refractivity contribution in [3.8, 4) is 11.5 Å². The van der Waals surface area contributed by atoms with Gasteiger partial charge in [0.2, 0.25) is 0 Å². The van der Waals surface area contributed by atoms with Crippen molar-refractivity contribution in [2.45, 2.75) is 13.5 Å². The second-order valence-electron chi connectivity index (χ2n) is 6.40. The van der Waals surface area contributed by atoms with Crippen molar-refractivity contribution in [3.05, 3.63) is 71.3 Å². The lowest BCUT2D eigenvalue weighted by atomic mass is 10.2. The average molecular weight is 384 g/mol. The van der Waals surface area contributed by atoms with E-state index in [-0.39, 0.29) is 29.6 Å². The molecule has 0 aliphatic rings. The number of halogens is 1. The molecule has 4 N–H and O–H groups in total. The van der Waals surface area contributed by atoms with Crippen LogP contribution >= 0.6 is 0 Å². The van der Waals surface area contributed by atoms with Crippen molar-refractivity contribution in [3.63, 3.8) is 0 Å². The number of benzene rings is 2. The van der Waals surface area contributed by atoms with Crippen molar-refractivity contribution in [1.29, 1.82) is 0 Å². The van der Waals surface area contributed by atoms with E-state index in [1.54, 1.807) is 12.1 Å². The zero-order chi connectivity index (χ0) is 19.7. The number of amides is 1. The minimum atomic E-state index is -0.412. The first-order chi connectivity index (χ1) is 13.5. The number of nitrogens with zero attached hydrogens (tertiary/aromatic N) is 3. The first kappa shape index (κ1) is 17.6. The molecule has 148 valence electrons. The van der Waals surface area contributed by atoms with Crippen molar-refractivity contribution in [1.82, 2.24) is 25.3 Å². The molecule has 0 fully saturated rings. The number of hydrogen-bond acceptors (Lipinski definition) is 5. The normalized spacial score (nSPS) is 10.9. The maximum atomic E-state index is 13.0. The molecule has 8 heteroatoms. The fourth-order valence-electron chi connectivity index (χ4n) is 2.79. The molecular formula is C20H25FN6O. The van der Waals surface area contributed by atoms with Crippen LogP contribution in [0.3, 0.4) is 0 Å². The molecule has 0 bridgehead atoms. The van der Waals surface area contributed by atoms with Crippen LogP contribution in [0.15, 0.2) is 48.7 Å². The number of rotatable bonds is 4. The number of anilines is 1. The minimum absolute atomic E-state index is 0. The van der Waals surface area contributed by atoms with Gasteiger partial charge in [-0.1, -0.05) is 18.2 Å². The second-order valence-corrected chi connectivity index (χ2v) is 6.40. The molecule has 0 saturated carbocycles. The van der Waals surface area contributed by atoms with Crippen LogP contribution in [0.1, 0.15) is 27.3 Å². The lowest BCUT2D eigenvalue weighted by Gasteiger charge is -2.07. The highest BCUT2D eigenvalue weighted by Crippen LogP contribution is 2.23. The summed E-state index contributed by atoms with van der Waals surface area (Å²) in [5.41, 5.74) is 9.86. The first-order valence-electron chi connectivity index (χ1n) is 8.61. The maximum Gasteiger partial charge on any atom is 0.271 e. The quantitative estimate of drug-likeness (QED) is 0.493. The summed E-state index contributed by atoms with van der Waals surface area (Å²) in [6.07, 6.45) is 1.31. The monoisotopic (exact) mass is 384 g/mol. The number of aryl methyl sites for hydroxylation is 1. The van der Waals surface area contributed by atoms with Gasteiger partial charge in [0.25, 0.3) is 5.91 Å². The van der Waals surface area contributed by atoms with Gasteiger partial charge in [-0.25, -0.2) is 19.3 Å². The molecule has 0 spiro atoms. The third-order valence-corrected chi connectivity index (χ3v) is 4.26. The molecule has 2 aromatic carbocycles. The van der Waals surface area contributed by atoms with Crippen LogP contribution in [-0.4, -0.2) is 25.8 Å². The highest BCUT2D eigenvalue weighted by molar-refractivity contribution is 5.93.